The van der Waals surface area contributed by atoms with E-state index in [0.717, 1.165) is 18.0 Å². The van der Waals surface area contributed by atoms with Gasteiger partial charge in [-0.1, -0.05) is 90.1 Å². The third kappa shape index (κ3) is 5.23. The van der Waals surface area contributed by atoms with E-state index in [4.69, 9.17) is 5.41 Å². The second-order valence-corrected chi connectivity index (χ2v) is 7.11. The van der Waals surface area contributed by atoms with E-state index in [1.54, 1.807) is 0 Å². The van der Waals surface area contributed by atoms with Gasteiger partial charge < -0.3 is 4.90 Å². The number of rotatable bonds is 5. The highest BCUT2D eigenvalue weighted by Gasteiger charge is 2.13. The molecule has 3 aromatic carbocycles. The van der Waals surface area contributed by atoms with Crippen molar-refractivity contribution in [1.82, 2.24) is 4.90 Å². The van der Waals surface area contributed by atoms with E-state index in [0.29, 0.717) is 5.17 Å². The van der Waals surface area contributed by atoms with Gasteiger partial charge in [0.1, 0.15) is 0 Å². The minimum Gasteiger partial charge on any atom is -0.343 e. The molecule has 3 heteroatoms. The van der Waals surface area contributed by atoms with Crippen LogP contribution in [0.4, 0.5) is 0 Å². The van der Waals surface area contributed by atoms with E-state index in [2.05, 4.69) is 60.4 Å². The predicted molar refractivity (Wildman–Crippen MR) is 107 cm³/mol. The van der Waals surface area contributed by atoms with Gasteiger partial charge in [-0.05, 0) is 30.2 Å². The van der Waals surface area contributed by atoms with Crippen LogP contribution in [0.3, 0.4) is 0 Å². The summed E-state index contributed by atoms with van der Waals surface area (Å²) in [6.45, 7) is 3.54. The van der Waals surface area contributed by atoms with Crippen LogP contribution in [0, 0.1) is 12.3 Å². The lowest BCUT2D eigenvalue weighted by molar-refractivity contribution is 0.412. The highest BCUT2D eigenvalue weighted by Crippen LogP contribution is 2.23. The number of nitrogens with one attached hydrogen (secondary N) is 1. The maximum absolute atomic E-state index is 8.62. The Morgan fingerprint density at radius 1 is 0.760 bits per heavy atom. The van der Waals surface area contributed by atoms with Crippen molar-refractivity contribution < 1.29 is 0 Å². The highest BCUT2D eigenvalue weighted by atomic mass is 32.2. The molecule has 126 valence electrons. The van der Waals surface area contributed by atoms with Crippen LogP contribution in [0.2, 0.25) is 0 Å². The molecule has 0 aliphatic rings. The van der Waals surface area contributed by atoms with Gasteiger partial charge in [0.2, 0.25) is 0 Å². The standard InChI is InChI=1S/C22H22N2S/c1-18-12-14-21(15-13-18)25-22(23)24(16-19-8-4-2-5-9-19)17-20-10-6-3-7-11-20/h2-15,23H,16-17H2,1H3. The maximum atomic E-state index is 8.62. The zero-order valence-electron chi connectivity index (χ0n) is 14.4. The molecule has 0 aliphatic carbocycles. The van der Waals surface area contributed by atoms with Crippen LogP contribution >= 0.6 is 11.8 Å². The van der Waals surface area contributed by atoms with Gasteiger partial charge in [0, 0.05) is 18.0 Å². The zero-order chi connectivity index (χ0) is 17.5. The van der Waals surface area contributed by atoms with Crippen LogP contribution in [-0.2, 0) is 13.1 Å². The quantitative estimate of drug-likeness (QED) is 0.363. The van der Waals surface area contributed by atoms with Crippen LogP contribution in [0.5, 0.6) is 0 Å². The summed E-state index contributed by atoms with van der Waals surface area (Å²) in [5.41, 5.74) is 3.67. The van der Waals surface area contributed by atoms with Crippen molar-refractivity contribution >= 4 is 16.9 Å². The molecule has 0 saturated carbocycles. The molecule has 2 nitrogen and oxygen atoms in total. The van der Waals surface area contributed by atoms with Gasteiger partial charge >= 0.3 is 0 Å². The van der Waals surface area contributed by atoms with Gasteiger partial charge in [-0.25, -0.2) is 0 Å². The van der Waals surface area contributed by atoms with Gasteiger partial charge in [0.15, 0.2) is 5.17 Å². The summed E-state index contributed by atoms with van der Waals surface area (Å²) in [6, 6.07) is 29.0. The lowest BCUT2D eigenvalue weighted by atomic mass is 10.2. The molecule has 3 aromatic rings. The van der Waals surface area contributed by atoms with E-state index in [-0.39, 0.29) is 0 Å². The summed E-state index contributed by atoms with van der Waals surface area (Å²) in [4.78, 5) is 3.22. The first kappa shape index (κ1) is 17.3. The van der Waals surface area contributed by atoms with Gasteiger partial charge in [-0.2, -0.15) is 0 Å². The summed E-state index contributed by atoms with van der Waals surface area (Å²) in [5, 5.41) is 9.19. The fraction of sp³-hybridized carbons (Fsp3) is 0.136. The van der Waals surface area contributed by atoms with Gasteiger partial charge in [-0.3, -0.25) is 5.41 Å². The SMILES string of the molecule is Cc1ccc(SC(=N)N(Cc2ccccc2)Cc2ccccc2)cc1. The molecule has 0 atom stereocenters. The van der Waals surface area contributed by atoms with E-state index in [1.807, 2.05) is 36.4 Å². The van der Waals surface area contributed by atoms with Crippen molar-refractivity contribution in [2.45, 2.75) is 24.9 Å². The first-order chi connectivity index (χ1) is 12.2. The normalized spacial score (nSPS) is 10.4. The zero-order valence-corrected chi connectivity index (χ0v) is 15.2. The number of amidine groups is 1. The molecular formula is C22H22N2S. The molecule has 0 amide bonds. The van der Waals surface area contributed by atoms with Crippen LogP contribution in [0.25, 0.3) is 0 Å². The molecule has 0 heterocycles. The topological polar surface area (TPSA) is 27.1 Å². The third-order valence-electron chi connectivity index (χ3n) is 3.96. The van der Waals surface area contributed by atoms with Crippen molar-refractivity contribution in [3.05, 3.63) is 102 Å². The maximum Gasteiger partial charge on any atom is 0.161 e. The summed E-state index contributed by atoms with van der Waals surface area (Å²) < 4.78 is 0. The van der Waals surface area contributed by atoms with Crippen molar-refractivity contribution in [2.24, 2.45) is 0 Å². The summed E-state index contributed by atoms with van der Waals surface area (Å²) in [6.07, 6.45) is 0. The number of hydrogen-bond donors (Lipinski definition) is 1. The average Bonchev–Trinajstić information content (AvgIpc) is 2.65. The van der Waals surface area contributed by atoms with Crippen LogP contribution < -0.4 is 0 Å². The molecule has 0 spiro atoms. The molecular weight excluding hydrogens is 324 g/mol. The molecule has 0 fully saturated rings. The Morgan fingerprint density at radius 2 is 1.24 bits per heavy atom. The van der Waals surface area contributed by atoms with Crippen molar-refractivity contribution in [2.75, 3.05) is 0 Å². The second kappa shape index (κ2) is 8.54. The molecule has 0 bridgehead atoms. The Balaban J connectivity index is 1.76. The summed E-state index contributed by atoms with van der Waals surface area (Å²) >= 11 is 1.51. The molecule has 1 N–H and O–H groups in total. The van der Waals surface area contributed by atoms with Crippen LogP contribution in [0.1, 0.15) is 16.7 Å². The third-order valence-corrected chi connectivity index (χ3v) is 4.91. The van der Waals surface area contributed by atoms with Gasteiger partial charge in [-0.15, -0.1) is 0 Å². The minimum absolute atomic E-state index is 0.566. The first-order valence-corrected chi connectivity index (χ1v) is 9.18. The first-order valence-electron chi connectivity index (χ1n) is 8.36. The van der Waals surface area contributed by atoms with Crippen molar-refractivity contribution in [1.29, 1.82) is 5.41 Å². The predicted octanol–water partition coefficient (Wildman–Crippen LogP) is 5.72. The van der Waals surface area contributed by atoms with E-state index >= 15 is 0 Å². The van der Waals surface area contributed by atoms with E-state index in [1.165, 1.54) is 28.5 Å². The van der Waals surface area contributed by atoms with E-state index in [9.17, 15) is 0 Å². The minimum atomic E-state index is 0.566. The fourth-order valence-electron chi connectivity index (χ4n) is 2.59. The molecule has 0 aromatic heterocycles. The molecule has 0 unspecified atom stereocenters. The van der Waals surface area contributed by atoms with Gasteiger partial charge in [0.25, 0.3) is 0 Å². The largest absolute Gasteiger partial charge is 0.343 e. The number of benzene rings is 3. The Bertz CT molecular complexity index is 757. The lowest BCUT2D eigenvalue weighted by Crippen LogP contribution is -2.27. The number of hydrogen-bond acceptors (Lipinski definition) is 2. The molecule has 3 rings (SSSR count). The Hall–Kier alpha value is -2.52. The van der Waals surface area contributed by atoms with Crippen LogP contribution in [-0.4, -0.2) is 10.1 Å². The van der Waals surface area contributed by atoms with E-state index < -0.39 is 0 Å². The molecule has 0 radical (unpaired) electrons. The Labute approximate surface area is 154 Å². The second-order valence-electron chi connectivity index (χ2n) is 6.05. The van der Waals surface area contributed by atoms with Crippen molar-refractivity contribution in [3.63, 3.8) is 0 Å². The van der Waals surface area contributed by atoms with Crippen LogP contribution in [0.15, 0.2) is 89.8 Å². The summed E-state index contributed by atoms with van der Waals surface area (Å²) in [7, 11) is 0. The number of nitrogens with zero attached hydrogens (tertiary/aromatic N) is 1. The van der Waals surface area contributed by atoms with Crippen molar-refractivity contribution in [3.8, 4) is 0 Å². The van der Waals surface area contributed by atoms with Gasteiger partial charge in [0.05, 0.1) is 0 Å². The summed E-state index contributed by atoms with van der Waals surface area (Å²) in [5.74, 6) is 0. The molecule has 25 heavy (non-hydrogen) atoms. The number of thioether (sulfide) groups is 1. The molecule has 0 aliphatic heterocycles. The lowest BCUT2D eigenvalue weighted by Gasteiger charge is -2.25. The Morgan fingerprint density at radius 3 is 1.72 bits per heavy atom. The Kier molecular flexibility index (Phi) is 5.91. The average molecular weight is 346 g/mol. The smallest absolute Gasteiger partial charge is 0.161 e. The molecule has 0 saturated heterocycles. The fourth-order valence-corrected chi connectivity index (χ4v) is 3.34. The monoisotopic (exact) mass is 346 g/mol. The number of aryl methyl sites for hydroxylation is 1. The highest BCUT2D eigenvalue weighted by molar-refractivity contribution is 8.13.